The van der Waals surface area contributed by atoms with E-state index in [1.54, 1.807) is 12.1 Å². The van der Waals surface area contributed by atoms with Gasteiger partial charge in [-0.2, -0.15) is 0 Å². The molecule has 11 nitrogen and oxygen atoms in total. The number of benzene rings is 2. The Morgan fingerprint density at radius 2 is 1.66 bits per heavy atom. The molecule has 1 fully saturated rings. The Hall–Kier alpha value is -3.64. The second kappa shape index (κ2) is 8.13. The maximum atomic E-state index is 12.5. The van der Waals surface area contributed by atoms with Gasteiger partial charge >= 0.3 is 5.97 Å². The highest BCUT2D eigenvalue weighted by atomic mass is 16.7. The number of para-hydroxylation sites is 1. The summed E-state index contributed by atoms with van der Waals surface area (Å²) in [6.07, 6.45) is -9.20. The highest BCUT2D eigenvalue weighted by Crippen LogP contribution is 2.35. The molecule has 168 valence electrons. The van der Waals surface area contributed by atoms with Crippen molar-refractivity contribution in [2.24, 2.45) is 0 Å². The van der Waals surface area contributed by atoms with E-state index in [0.29, 0.717) is 0 Å². The van der Waals surface area contributed by atoms with Crippen molar-refractivity contribution in [3.05, 3.63) is 52.7 Å². The van der Waals surface area contributed by atoms with Crippen LogP contribution < -0.4 is 10.2 Å². The third-order valence-corrected chi connectivity index (χ3v) is 5.02. The van der Waals surface area contributed by atoms with Crippen molar-refractivity contribution in [3.63, 3.8) is 0 Å². The van der Waals surface area contributed by atoms with E-state index in [2.05, 4.69) is 0 Å². The number of ether oxygens (including phenoxy) is 2. The molecule has 3 aromatic rings. The van der Waals surface area contributed by atoms with Gasteiger partial charge < -0.3 is 44.5 Å². The molecular weight excluding hydrogens is 428 g/mol. The zero-order valence-electron chi connectivity index (χ0n) is 16.2. The van der Waals surface area contributed by atoms with E-state index in [4.69, 9.17) is 19.0 Å². The molecule has 1 aliphatic heterocycles. The molecule has 0 radical (unpaired) electrons. The number of carboxylic acids is 1. The number of carbonyl (C=O) groups is 1. The lowest BCUT2D eigenvalue weighted by Gasteiger charge is -2.38. The van der Waals surface area contributed by atoms with Gasteiger partial charge in [-0.1, -0.05) is 12.1 Å². The predicted octanol–water partition coefficient (Wildman–Crippen LogP) is 0.142. The molecule has 5 atom stereocenters. The number of phenolic OH excluding ortho intramolecular Hbond substituents is 2. The van der Waals surface area contributed by atoms with E-state index in [-0.39, 0.29) is 33.8 Å². The number of hydrogen-bond acceptors (Lipinski definition) is 10. The van der Waals surface area contributed by atoms with Crippen LogP contribution in [0.3, 0.4) is 0 Å². The summed E-state index contributed by atoms with van der Waals surface area (Å²) < 4.78 is 16.1. The average molecular weight is 446 g/mol. The van der Waals surface area contributed by atoms with Crippen LogP contribution in [0.5, 0.6) is 17.2 Å². The maximum Gasteiger partial charge on any atom is 0.335 e. The molecule has 2 aromatic carbocycles. The standard InChI is InChI=1S/C21H18O11/c22-10-4-2-1-3-9(10)13-7-12(24)15-11(23)5-8(6-14(15)31-13)30-21-18(27)16(25)17(26)19(32-21)20(28)29/h1-7,16-19,21-23,25-27H,(H,28,29). The summed E-state index contributed by atoms with van der Waals surface area (Å²) in [5.74, 6) is -2.44. The largest absolute Gasteiger partial charge is 0.507 e. The molecule has 0 saturated carbocycles. The molecule has 0 spiro atoms. The Balaban J connectivity index is 1.73. The van der Waals surface area contributed by atoms with Crippen LogP contribution >= 0.6 is 0 Å². The van der Waals surface area contributed by atoms with Crippen molar-refractivity contribution in [2.75, 3.05) is 0 Å². The van der Waals surface area contributed by atoms with E-state index in [1.165, 1.54) is 18.2 Å². The monoisotopic (exact) mass is 446 g/mol. The molecule has 1 aliphatic rings. The van der Waals surface area contributed by atoms with Crippen molar-refractivity contribution in [2.45, 2.75) is 30.7 Å². The molecule has 1 aromatic heterocycles. The number of rotatable bonds is 4. The molecule has 5 unspecified atom stereocenters. The van der Waals surface area contributed by atoms with Crippen molar-refractivity contribution >= 4 is 16.9 Å². The van der Waals surface area contributed by atoms with E-state index in [0.717, 1.165) is 12.1 Å². The number of fused-ring (bicyclic) bond motifs is 1. The number of hydrogen-bond donors (Lipinski definition) is 6. The van der Waals surface area contributed by atoms with E-state index >= 15 is 0 Å². The second-order valence-corrected chi connectivity index (χ2v) is 7.16. The van der Waals surface area contributed by atoms with Gasteiger partial charge in [0.1, 0.15) is 52.3 Å². The first kappa shape index (κ1) is 21.6. The average Bonchev–Trinajstić information content (AvgIpc) is 2.73. The number of phenols is 2. The van der Waals surface area contributed by atoms with Gasteiger partial charge in [-0.3, -0.25) is 4.79 Å². The third-order valence-electron chi connectivity index (χ3n) is 5.02. The summed E-state index contributed by atoms with van der Waals surface area (Å²) in [6, 6.07) is 9.42. The number of carboxylic acid groups (broad SMARTS) is 1. The summed E-state index contributed by atoms with van der Waals surface area (Å²) in [5.41, 5.74) is -0.511. The van der Waals surface area contributed by atoms with Crippen molar-refractivity contribution in [1.82, 2.24) is 0 Å². The van der Waals surface area contributed by atoms with Crippen LogP contribution in [-0.4, -0.2) is 67.3 Å². The van der Waals surface area contributed by atoms with Gasteiger partial charge in [-0.15, -0.1) is 0 Å². The zero-order chi connectivity index (χ0) is 23.2. The predicted molar refractivity (Wildman–Crippen MR) is 106 cm³/mol. The number of aliphatic carboxylic acids is 1. The van der Waals surface area contributed by atoms with Crippen LogP contribution in [0, 0.1) is 0 Å². The molecule has 0 bridgehead atoms. The first-order chi connectivity index (χ1) is 15.2. The summed E-state index contributed by atoms with van der Waals surface area (Å²) >= 11 is 0. The fraction of sp³-hybridized carbons (Fsp3) is 0.238. The lowest BCUT2D eigenvalue weighted by molar-refractivity contribution is -0.271. The van der Waals surface area contributed by atoms with E-state index in [1.807, 2.05) is 0 Å². The lowest BCUT2D eigenvalue weighted by atomic mass is 9.99. The fourth-order valence-electron chi connectivity index (χ4n) is 3.41. The van der Waals surface area contributed by atoms with Crippen molar-refractivity contribution in [3.8, 4) is 28.6 Å². The van der Waals surface area contributed by atoms with Crippen LogP contribution in [0.1, 0.15) is 0 Å². The normalized spacial score (nSPS) is 25.5. The Morgan fingerprint density at radius 3 is 2.34 bits per heavy atom. The van der Waals surface area contributed by atoms with Gasteiger partial charge in [0, 0.05) is 18.2 Å². The lowest BCUT2D eigenvalue weighted by Crippen LogP contribution is -2.61. The molecule has 32 heavy (non-hydrogen) atoms. The van der Waals surface area contributed by atoms with Gasteiger partial charge in [0.25, 0.3) is 0 Å². The minimum absolute atomic E-state index is 0.00980. The highest BCUT2D eigenvalue weighted by molar-refractivity contribution is 5.86. The third kappa shape index (κ3) is 3.74. The molecule has 6 N–H and O–H groups in total. The minimum Gasteiger partial charge on any atom is -0.507 e. The van der Waals surface area contributed by atoms with Crippen LogP contribution in [0.2, 0.25) is 0 Å². The summed E-state index contributed by atoms with van der Waals surface area (Å²) in [5, 5.41) is 59.0. The van der Waals surface area contributed by atoms with Crippen molar-refractivity contribution < 1.29 is 49.3 Å². The van der Waals surface area contributed by atoms with Crippen LogP contribution in [-0.2, 0) is 9.53 Å². The van der Waals surface area contributed by atoms with Gasteiger partial charge in [0.15, 0.2) is 11.5 Å². The Kier molecular flexibility index (Phi) is 5.48. The van der Waals surface area contributed by atoms with Crippen molar-refractivity contribution in [1.29, 1.82) is 0 Å². The van der Waals surface area contributed by atoms with E-state index in [9.17, 15) is 35.1 Å². The van der Waals surface area contributed by atoms with Gasteiger partial charge in [-0.05, 0) is 12.1 Å². The number of aliphatic hydroxyl groups is 3. The van der Waals surface area contributed by atoms with Gasteiger partial charge in [0.2, 0.25) is 6.29 Å². The highest BCUT2D eigenvalue weighted by Gasteiger charge is 2.48. The van der Waals surface area contributed by atoms with E-state index < -0.39 is 47.9 Å². The minimum atomic E-state index is -1.90. The molecular formula is C21H18O11. The fourth-order valence-corrected chi connectivity index (χ4v) is 3.41. The summed E-state index contributed by atoms with van der Waals surface area (Å²) in [6.45, 7) is 0. The molecule has 4 rings (SSSR count). The molecule has 2 heterocycles. The Labute approximate surface area is 178 Å². The second-order valence-electron chi connectivity index (χ2n) is 7.16. The Morgan fingerprint density at radius 1 is 0.938 bits per heavy atom. The van der Waals surface area contributed by atoms with Crippen LogP contribution in [0.4, 0.5) is 0 Å². The van der Waals surface area contributed by atoms with Crippen LogP contribution in [0.25, 0.3) is 22.3 Å². The maximum absolute atomic E-state index is 12.5. The number of aromatic hydroxyl groups is 2. The summed E-state index contributed by atoms with van der Waals surface area (Å²) in [7, 11) is 0. The number of aliphatic hydroxyl groups excluding tert-OH is 3. The first-order valence-corrected chi connectivity index (χ1v) is 9.35. The molecule has 1 saturated heterocycles. The molecule has 0 amide bonds. The van der Waals surface area contributed by atoms with Gasteiger partial charge in [0.05, 0.1) is 5.56 Å². The summed E-state index contributed by atoms with van der Waals surface area (Å²) in [4.78, 5) is 23.8. The topological polar surface area (TPSA) is 187 Å². The molecule has 0 aliphatic carbocycles. The SMILES string of the molecule is O=C(O)C1OC(Oc2cc(O)c3c(=O)cc(-c4ccccc4O)oc3c2)C(O)C(O)C1O. The quantitative estimate of drug-likeness (QED) is 0.320. The zero-order valence-corrected chi connectivity index (χ0v) is 16.2. The van der Waals surface area contributed by atoms with Crippen LogP contribution in [0.15, 0.2) is 51.7 Å². The Bertz CT molecular complexity index is 1230. The van der Waals surface area contributed by atoms with Gasteiger partial charge in [-0.25, -0.2) is 4.79 Å². The molecule has 11 heteroatoms. The smallest absolute Gasteiger partial charge is 0.335 e. The first-order valence-electron chi connectivity index (χ1n) is 9.35.